The maximum Gasteiger partial charge on any atom is 0.322 e. The van der Waals surface area contributed by atoms with Gasteiger partial charge in [0.2, 0.25) is 10.0 Å². The summed E-state index contributed by atoms with van der Waals surface area (Å²) in [6.45, 7) is 0.200. The number of nitrogens with zero attached hydrogens (tertiary/aromatic N) is 1. The van der Waals surface area contributed by atoms with Gasteiger partial charge in [-0.2, -0.15) is 4.31 Å². The van der Waals surface area contributed by atoms with Crippen LogP contribution in [0.2, 0.25) is 5.02 Å². The van der Waals surface area contributed by atoms with Gasteiger partial charge in [0.25, 0.3) is 0 Å². The molecule has 1 N–H and O–H groups in total. The van der Waals surface area contributed by atoms with E-state index in [9.17, 15) is 13.2 Å². The summed E-state index contributed by atoms with van der Waals surface area (Å²) in [6.07, 6.45) is 0.854. The van der Waals surface area contributed by atoms with Crippen LogP contribution in [0.25, 0.3) is 0 Å². The molecule has 1 aliphatic rings. The van der Waals surface area contributed by atoms with Gasteiger partial charge in [-0.25, -0.2) is 8.42 Å². The fourth-order valence-electron chi connectivity index (χ4n) is 2.09. The van der Waals surface area contributed by atoms with Gasteiger partial charge in [0.15, 0.2) is 0 Å². The zero-order valence-electron chi connectivity index (χ0n) is 9.71. The fourth-order valence-corrected chi connectivity index (χ4v) is 4.75. The largest absolute Gasteiger partial charge is 0.480 e. The lowest BCUT2D eigenvalue weighted by molar-refractivity contribution is -0.140. The molecule has 1 aromatic carbocycles. The highest BCUT2D eigenvalue weighted by Crippen LogP contribution is 2.31. The molecule has 0 spiro atoms. The van der Waals surface area contributed by atoms with Crippen molar-refractivity contribution < 1.29 is 18.3 Å². The van der Waals surface area contributed by atoms with Gasteiger partial charge in [-0.05, 0) is 31.0 Å². The van der Waals surface area contributed by atoms with Crippen molar-refractivity contribution in [3.63, 3.8) is 0 Å². The number of hydrogen-bond donors (Lipinski definition) is 1. The number of hydrogen-bond acceptors (Lipinski definition) is 3. The SMILES string of the molecule is O=C(O)C1CCCN1S(=O)(=O)c1ccc(Br)cc1Cl. The molecule has 0 saturated carbocycles. The first-order valence-corrected chi connectivity index (χ1v) is 8.15. The minimum Gasteiger partial charge on any atom is -0.480 e. The molecule has 1 atom stereocenters. The molecule has 0 aliphatic carbocycles. The molecular weight excluding hydrogens is 358 g/mol. The summed E-state index contributed by atoms with van der Waals surface area (Å²) in [5, 5.41) is 9.14. The maximum absolute atomic E-state index is 12.4. The summed E-state index contributed by atoms with van der Waals surface area (Å²) < 4.78 is 26.6. The molecule has 19 heavy (non-hydrogen) atoms. The topological polar surface area (TPSA) is 74.7 Å². The lowest BCUT2D eigenvalue weighted by Gasteiger charge is -2.21. The Morgan fingerprint density at radius 3 is 2.74 bits per heavy atom. The Kier molecular flexibility index (Phi) is 4.20. The number of sulfonamides is 1. The summed E-state index contributed by atoms with van der Waals surface area (Å²) in [4.78, 5) is 11.0. The third-order valence-corrected chi connectivity index (χ3v) is 5.85. The van der Waals surface area contributed by atoms with Crippen LogP contribution in [0.1, 0.15) is 12.8 Å². The third kappa shape index (κ3) is 2.79. The predicted octanol–water partition coefficient (Wildman–Crippen LogP) is 2.34. The second kappa shape index (κ2) is 5.40. The Bertz CT molecular complexity index is 619. The molecule has 0 radical (unpaired) electrons. The summed E-state index contributed by atoms with van der Waals surface area (Å²) in [5.41, 5.74) is 0. The van der Waals surface area contributed by atoms with Crippen LogP contribution in [0, 0.1) is 0 Å². The molecule has 104 valence electrons. The molecule has 1 aliphatic heterocycles. The van der Waals surface area contributed by atoms with E-state index in [2.05, 4.69) is 15.9 Å². The van der Waals surface area contributed by atoms with E-state index < -0.39 is 22.0 Å². The second-order valence-electron chi connectivity index (χ2n) is 4.19. The van der Waals surface area contributed by atoms with Crippen molar-refractivity contribution >= 4 is 43.5 Å². The Balaban J connectivity index is 2.45. The Labute approximate surface area is 124 Å². The minimum absolute atomic E-state index is 0.0643. The monoisotopic (exact) mass is 367 g/mol. The number of halogens is 2. The number of carboxylic acid groups (broad SMARTS) is 1. The van der Waals surface area contributed by atoms with Gasteiger partial charge in [0, 0.05) is 11.0 Å². The molecule has 0 aromatic heterocycles. The van der Waals surface area contributed by atoms with Crippen LogP contribution in [0.15, 0.2) is 27.6 Å². The van der Waals surface area contributed by atoms with E-state index in [1.165, 1.54) is 12.1 Å². The first-order valence-electron chi connectivity index (χ1n) is 5.54. The summed E-state index contributed by atoms with van der Waals surface area (Å²) in [5.74, 6) is -1.13. The smallest absolute Gasteiger partial charge is 0.322 e. The van der Waals surface area contributed by atoms with Crippen LogP contribution in [0.3, 0.4) is 0 Å². The van der Waals surface area contributed by atoms with Gasteiger partial charge in [-0.1, -0.05) is 27.5 Å². The van der Waals surface area contributed by atoms with Crippen molar-refractivity contribution in [2.75, 3.05) is 6.54 Å². The van der Waals surface area contributed by atoms with Crippen LogP contribution in [-0.4, -0.2) is 36.4 Å². The summed E-state index contributed by atoms with van der Waals surface area (Å²) in [7, 11) is -3.88. The van der Waals surface area contributed by atoms with Crippen molar-refractivity contribution in [2.24, 2.45) is 0 Å². The highest BCUT2D eigenvalue weighted by Gasteiger charge is 2.40. The quantitative estimate of drug-likeness (QED) is 0.888. The highest BCUT2D eigenvalue weighted by atomic mass is 79.9. The van der Waals surface area contributed by atoms with E-state index in [1.807, 2.05) is 0 Å². The molecule has 8 heteroatoms. The predicted molar refractivity (Wildman–Crippen MR) is 73.7 cm³/mol. The maximum atomic E-state index is 12.4. The number of carbonyl (C=O) groups is 1. The Morgan fingerprint density at radius 2 is 2.16 bits per heavy atom. The number of rotatable bonds is 3. The molecule has 1 aromatic rings. The van der Waals surface area contributed by atoms with Crippen LogP contribution in [0.4, 0.5) is 0 Å². The van der Waals surface area contributed by atoms with Crippen molar-refractivity contribution in [2.45, 2.75) is 23.8 Å². The Morgan fingerprint density at radius 1 is 1.47 bits per heavy atom. The molecule has 1 unspecified atom stereocenters. The normalized spacial score (nSPS) is 20.6. The average Bonchev–Trinajstić information content (AvgIpc) is 2.77. The number of aliphatic carboxylic acids is 1. The summed E-state index contributed by atoms with van der Waals surface area (Å²) >= 11 is 9.13. The zero-order valence-corrected chi connectivity index (χ0v) is 12.9. The first-order chi connectivity index (χ1) is 8.84. The highest BCUT2D eigenvalue weighted by molar-refractivity contribution is 9.10. The van der Waals surface area contributed by atoms with E-state index in [0.29, 0.717) is 17.3 Å². The summed E-state index contributed by atoms with van der Waals surface area (Å²) in [6, 6.07) is 3.40. The standard InChI is InChI=1S/C11H11BrClNO4S/c12-7-3-4-10(8(13)6-7)19(17,18)14-5-1-2-9(14)11(15)16/h3-4,6,9H,1-2,5H2,(H,15,16). The zero-order chi connectivity index (χ0) is 14.2. The third-order valence-electron chi connectivity index (χ3n) is 2.97. The van der Waals surface area contributed by atoms with Crippen molar-refractivity contribution in [3.8, 4) is 0 Å². The molecular formula is C11H11BrClNO4S. The van der Waals surface area contributed by atoms with Gasteiger partial charge < -0.3 is 5.11 Å². The minimum atomic E-state index is -3.88. The van der Waals surface area contributed by atoms with E-state index in [1.54, 1.807) is 6.07 Å². The van der Waals surface area contributed by atoms with E-state index in [0.717, 1.165) is 4.31 Å². The number of carboxylic acids is 1. The molecule has 1 saturated heterocycles. The molecule has 1 heterocycles. The van der Waals surface area contributed by atoms with Gasteiger partial charge in [0.1, 0.15) is 10.9 Å². The van der Waals surface area contributed by atoms with Crippen molar-refractivity contribution in [3.05, 3.63) is 27.7 Å². The van der Waals surface area contributed by atoms with Crippen molar-refractivity contribution in [1.82, 2.24) is 4.31 Å². The Hall–Kier alpha value is -0.630. The second-order valence-corrected chi connectivity index (χ2v) is 7.37. The van der Waals surface area contributed by atoms with Crippen molar-refractivity contribution in [1.29, 1.82) is 0 Å². The molecule has 0 amide bonds. The first kappa shape index (κ1) is 14.8. The van der Waals surface area contributed by atoms with E-state index >= 15 is 0 Å². The molecule has 5 nitrogen and oxygen atoms in total. The van der Waals surface area contributed by atoms with Gasteiger partial charge in [-0.3, -0.25) is 4.79 Å². The van der Waals surface area contributed by atoms with Gasteiger partial charge >= 0.3 is 5.97 Å². The lowest BCUT2D eigenvalue weighted by atomic mass is 10.2. The van der Waals surface area contributed by atoms with Crippen LogP contribution >= 0.6 is 27.5 Å². The lowest BCUT2D eigenvalue weighted by Crippen LogP contribution is -2.40. The fraction of sp³-hybridized carbons (Fsp3) is 0.364. The van der Waals surface area contributed by atoms with E-state index in [4.69, 9.17) is 16.7 Å². The average molecular weight is 369 g/mol. The van der Waals surface area contributed by atoms with Crippen LogP contribution < -0.4 is 0 Å². The van der Waals surface area contributed by atoms with Gasteiger partial charge in [0.05, 0.1) is 5.02 Å². The van der Waals surface area contributed by atoms with Crippen LogP contribution in [0.5, 0.6) is 0 Å². The van der Waals surface area contributed by atoms with E-state index in [-0.39, 0.29) is 16.5 Å². The van der Waals surface area contributed by atoms with Gasteiger partial charge in [-0.15, -0.1) is 0 Å². The van der Waals surface area contributed by atoms with Crippen LogP contribution in [-0.2, 0) is 14.8 Å². The molecule has 1 fully saturated rings. The molecule has 2 rings (SSSR count). The molecule has 0 bridgehead atoms. The number of benzene rings is 1.